The lowest BCUT2D eigenvalue weighted by atomic mass is 9.98. The normalized spacial score (nSPS) is 12.7. The van der Waals surface area contributed by atoms with E-state index in [0.29, 0.717) is 0 Å². The van der Waals surface area contributed by atoms with Crippen molar-refractivity contribution in [1.82, 2.24) is 15.2 Å². The highest BCUT2D eigenvalue weighted by molar-refractivity contribution is 5.34. The van der Waals surface area contributed by atoms with Gasteiger partial charge in [-0.1, -0.05) is 31.2 Å². The molecule has 1 unspecified atom stereocenters. The Morgan fingerprint density at radius 2 is 2.00 bits per heavy atom. The molecule has 3 N–H and O–H groups in total. The lowest BCUT2D eigenvalue weighted by Crippen LogP contribution is -2.29. The zero-order valence-electron chi connectivity index (χ0n) is 11.1. The second kappa shape index (κ2) is 5.33. The molecule has 2 aromatic rings. The Labute approximate surface area is 108 Å². The average Bonchev–Trinajstić information content (AvgIpc) is 2.70. The highest BCUT2D eigenvalue weighted by atomic mass is 15.3. The van der Waals surface area contributed by atoms with E-state index in [2.05, 4.69) is 41.7 Å². The Hall–Kier alpha value is -1.65. The number of aryl methyl sites for hydroxylation is 3. The fourth-order valence-corrected chi connectivity index (χ4v) is 2.21. The average molecular weight is 244 g/mol. The first kappa shape index (κ1) is 12.8. The van der Waals surface area contributed by atoms with Gasteiger partial charge in [0.1, 0.15) is 0 Å². The van der Waals surface area contributed by atoms with Crippen molar-refractivity contribution >= 4 is 0 Å². The maximum atomic E-state index is 5.70. The Bertz CT molecular complexity index is 513. The van der Waals surface area contributed by atoms with Crippen LogP contribution in [0.4, 0.5) is 0 Å². The van der Waals surface area contributed by atoms with E-state index < -0.39 is 0 Å². The molecular formula is C14H20N4. The van der Waals surface area contributed by atoms with Gasteiger partial charge in [0, 0.05) is 18.8 Å². The molecule has 0 bridgehead atoms. The van der Waals surface area contributed by atoms with Crippen molar-refractivity contribution in [2.24, 2.45) is 12.9 Å². The second-order valence-corrected chi connectivity index (χ2v) is 4.54. The van der Waals surface area contributed by atoms with Crippen molar-refractivity contribution in [3.63, 3.8) is 0 Å². The zero-order chi connectivity index (χ0) is 13.1. The summed E-state index contributed by atoms with van der Waals surface area (Å²) in [6.07, 6.45) is 3.06. The summed E-state index contributed by atoms with van der Waals surface area (Å²) >= 11 is 0. The summed E-state index contributed by atoms with van der Waals surface area (Å²) in [5, 5.41) is 4.36. The lowest BCUT2D eigenvalue weighted by Gasteiger charge is -2.16. The minimum absolute atomic E-state index is 0.00962. The molecular weight excluding hydrogens is 224 g/mol. The van der Waals surface area contributed by atoms with Gasteiger partial charge in [-0.25, -0.2) is 5.43 Å². The van der Waals surface area contributed by atoms with Crippen LogP contribution < -0.4 is 11.3 Å². The van der Waals surface area contributed by atoms with E-state index in [0.717, 1.165) is 23.2 Å². The number of rotatable bonds is 4. The van der Waals surface area contributed by atoms with Crippen molar-refractivity contribution < 1.29 is 0 Å². The van der Waals surface area contributed by atoms with Crippen LogP contribution in [0.15, 0.2) is 30.5 Å². The van der Waals surface area contributed by atoms with Gasteiger partial charge < -0.3 is 0 Å². The van der Waals surface area contributed by atoms with Crippen LogP contribution in [0.25, 0.3) is 0 Å². The minimum Gasteiger partial charge on any atom is -0.275 e. The van der Waals surface area contributed by atoms with Crippen LogP contribution in [0.5, 0.6) is 0 Å². The van der Waals surface area contributed by atoms with Crippen molar-refractivity contribution in [2.45, 2.75) is 26.3 Å². The maximum absolute atomic E-state index is 5.70. The van der Waals surface area contributed by atoms with Crippen molar-refractivity contribution in [2.75, 3.05) is 0 Å². The van der Waals surface area contributed by atoms with E-state index in [9.17, 15) is 0 Å². The number of aromatic nitrogens is 2. The third-order valence-corrected chi connectivity index (χ3v) is 3.25. The molecule has 4 heteroatoms. The molecule has 0 fully saturated rings. The summed E-state index contributed by atoms with van der Waals surface area (Å²) in [4.78, 5) is 0. The molecule has 18 heavy (non-hydrogen) atoms. The first-order chi connectivity index (χ1) is 8.65. The van der Waals surface area contributed by atoms with Crippen LogP contribution in [-0.4, -0.2) is 9.78 Å². The predicted molar refractivity (Wildman–Crippen MR) is 72.9 cm³/mol. The summed E-state index contributed by atoms with van der Waals surface area (Å²) in [5.41, 5.74) is 7.48. The van der Waals surface area contributed by atoms with E-state index in [1.807, 2.05) is 24.9 Å². The van der Waals surface area contributed by atoms with Crippen LogP contribution >= 0.6 is 0 Å². The van der Waals surface area contributed by atoms with Crippen LogP contribution in [0, 0.1) is 6.92 Å². The van der Waals surface area contributed by atoms with Gasteiger partial charge in [-0.15, -0.1) is 0 Å². The Morgan fingerprint density at radius 3 is 2.44 bits per heavy atom. The molecule has 0 saturated carbocycles. The summed E-state index contributed by atoms with van der Waals surface area (Å²) in [5.74, 6) is 5.70. The summed E-state index contributed by atoms with van der Waals surface area (Å²) < 4.78 is 1.81. The summed E-state index contributed by atoms with van der Waals surface area (Å²) in [7, 11) is 1.92. The van der Waals surface area contributed by atoms with Crippen molar-refractivity contribution in [3.05, 3.63) is 52.8 Å². The van der Waals surface area contributed by atoms with Gasteiger partial charge in [0.2, 0.25) is 0 Å². The third-order valence-electron chi connectivity index (χ3n) is 3.25. The predicted octanol–water partition coefficient (Wildman–Crippen LogP) is 1.84. The third kappa shape index (κ3) is 2.44. The monoisotopic (exact) mass is 244 g/mol. The molecule has 0 saturated heterocycles. The standard InChI is InChI=1S/C14H20N4/c1-4-11-5-7-12(8-6-11)14(16-15)13-9-18(3)17-10(13)2/h5-9,14,16H,4,15H2,1-3H3. The first-order valence-corrected chi connectivity index (χ1v) is 6.20. The fourth-order valence-electron chi connectivity index (χ4n) is 2.21. The molecule has 4 nitrogen and oxygen atoms in total. The largest absolute Gasteiger partial charge is 0.275 e. The topological polar surface area (TPSA) is 55.9 Å². The first-order valence-electron chi connectivity index (χ1n) is 6.20. The molecule has 1 aromatic carbocycles. The molecule has 0 spiro atoms. The Morgan fingerprint density at radius 1 is 1.33 bits per heavy atom. The van der Waals surface area contributed by atoms with Crippen molar-refractivity contribution in [1.29, 1.82) is 0 Å². The number of hydrazine groups is 1. The molecule has 0 amide bonds. The molecule has 96 valence electrons. The molecule has 0 radical (unpaired) electrons. The van der Waals surface area contributed by atoms with Crippen LogP contribution in [0.3, 0.4) is 0 Å². The van der Waals surface area contributed by atoms with Crippen molar-refractivity contribution in [3.8, 4) is 0 Å². The van der Waals surface area contributed by atoms with Gasteiger partial charge in [-0.2, -0.15) is 5.10 Å². The molecule has 1 aromatic heterocycles. The van der Waals surface area contributed by atoms with Gasteiger partial charge in [0.05, 0.1) is 11.7 Å². The van der Waals surface area contributed by atoms with E-state index in [-0.39, 0.29) is 6.04 Å². The van der Waals surface area contributed by atoms with E-state index in [1.54, 1.807) is 0 Å². The number of benzene rings is 1. The summed E-state index contributed by atoms with van der Waals surface area (Å²) in [6, 6.07) is 8.52. The van der Waals surface area contributed by atoms with E-state index >= 15 is 0 Å². The van der Waals surface area contributed by atoms with Gasteiger partial charge in [0.25, 0.3) is 0 Å². The Balaban J connectivity index is 2.35. The molecule has 0 aliphatic heterocycles. The van der Waals surface area contributed by atoms with E-state index in [4.69, 9.17) is 5.84 Å². The maximum Gasteiger partial charge on any atom is 0.0743 e. The van der Waals surface area contributed by atoms with Gasteiger partial charge in [0.15, 0.2) is 0 Å². The van der Waals surface area contributed by atoms with Gasteiger partial charge in [-0.05, 0) is 24.5 Å². The lowest BCUT2D eigenvalue weighted by molar-refractivity contribution is 0.633. The molecule has 1 heterocycles. The number of hydrogen-bond donors (Lipinski definition) is 2. The number of hydrogen-bond acceptors (Lipinski definition) is 3. The van der Waals surface area contributed by atoms with Crippen LogP contribution in [0.2, 0.25) is 0 Å². The zero-order valence-corrected chi connectivity index (χ0v) is 11.1. The highest BCUT2D eigenvalue weighted by Gasteiger charge is 2.16. The van der Waals surface area contributed by atoms with E-state index in [1.165, 1.54) is 5.56 Å². The highest BCUT2D eigenvalue weighted by Crippen LogP contribution is 2.23. The minimum atomic E-state index is -0.00962. The fraction of sp³-hybridized carbons (Fsp3) is 0.357. The van der Waals surface area contributed by atoms with Gasteiger partial charge >= 0.3 is 0 Å². The van der Waals surface area contributed by atoms with Crippen LogP contribution in [-0.2, 0) is 13.5 Å². The van der Waals surface area contributed by atoms with Gasteiger partial charge in [-0.3, -0.25) is 10.5 Å². The number of nitrogens with one attached hydrogen (secondary N) is 1. The quantitative estimate of drug-likeness (QED) is 0.637. The number of nitrogens with two attached hydrogens (primary N) is 1. The summed E-state index contributed by atoms with van der Waals surface area (Å²) in [6.45, 7) is 4.15. The van der Waals surface area contributed by atoms with Crippen LogP contribution in [0.1, 0.15) is 35.3 Å². The smallest absolute Gasteiger partial charge is 0.0743 e. The molecule has 2 rings (SSSR count). The SMILES string of the molecule is CCc1ccc(C(NN)c2cn(C)nc2C)cc1. The molecule has 0 aliphatic rings. The Kier molecular flexibility index (Phi) is 3.79. The second-order valence-electron chi connectivity index (χ2n) is 4.54. The number of nitrogens with zero attached hydrogens (tertiary/aromatic N) is 2. The molecule has 0 aliphatic carbocycles. The molecule has 1 atom stereocenters.